The number of aryl methyl sites for hydroxylation is 2. The summed E-state index contributed by atoms with van der Waals surface area (Å²) in [6.45, 7) is 0. The molecule has 4 heteroatoms. The molecular weight excluding hydrogens is 332 g/mol. The van der Waals surface area contributed by atoms with Gasteiger partial charge in [0.15, 0.2) is 0 Å². The molecule has 3 nitrogen and oxygen atoms in total. The van der Waals surface area contributed by atoms with Crippen LogP contribution in [0.25, 0.3) is 11.1 Å². The maximum atomic E-state index is 11.5. The number of aromatic nitrogens is 1. The molecule has 0 atom stereocenters. The molecule has 0 bridgehead atoms. The third-order valence-electron chi connectivity index (χ3n) is 4.45. The Bertz CT molecular complexity index is 952. The summed E-state index contributed by atoms with van der Waals surface area (Å²) in [4.78, 5) is 15.9. The second-order valence-electron chi connectivity index (χ2n) is 6.31. The van der Waals surface area contributed by atoms with Crippen molar-refractivity contribution in [1.29, 1.82) is 0 Å². The number of amides is 1. The molecule has 2 aromatic carbocycles. The lowest BCUT2D eigenvalue weighted by atomic mass is 10.0. The van der Waals surface area contributed by atoms with E-state index in [9.17, 15) is 4.79 Å². The van der Waals surface area contributed by atoms with E-state index >= 15 is 0 Å². The molecule has 0 saturated heterocycles. The van der Waals surface area contributed by atoms with Crippen molar-refractivity contribution in [3.63, 3.8) is 0 Å². The fraction of sp³-hybridized carbons (Fsp3) is 0.143. The molecule has 0 spiro atoms. The second kappa shape index (κ2) is 6.69. The fourth-order valence-corrected chi connectivity index (χ4v) is 3.37. The Morgan fingerprint density at radius 2 is 1.84 bits per heavy atom. The Morgan fingerprint density at radius 1 is 0.960 bits per heavy atom. The number of halogens is 1. The topological polar surface area (TPSA) is 42.0 Å². The third kappa shape index (κ3) is 3.57. The maximum Gasteiger partial charge on any atom is 0.228 e. The Labute approximate surface area is 151 Å². The molecule has 0 fully saturated rings. The summed E-state index contributed by atoms with van der Waals surface area (Å²) in [7, 11) is 0. The smallest absolute Gasteiger partial charge is 0.228 e. The SMILES string of the molecule is O=C1Cc2ccc(-c3cncc(CCc4cccc(Cl)c4)c3)cc2N1. The summed E-state index contributed by atoms with van der Waals surface area (Å²) >= 11 is 6.05. The number of hydrogen-bond acceptors (Lipinski definition) is 2. The lowest BCUT2D eigenvalue weighted by Gasteiger charge is -2.07. The van der Waals surface area contributed by atoms with E-state index in [4.69, 9.17) is 11.6 Å². The van der Waals surface area contributed by atoms with Crippen molar-refractivity contribution in [2.45, 2.75) is 19.3 Å². The van der Waals surface area contributed by atoms with Crippen LogP contribution in [0.2, 0.25) is 5.02 Å². The van der Waals surface area contributed by atoms with Gasteiger partial charge in [-0.25, -0.2) is 0 Å². The van der Waals surface area contributed by atoms with Crippen LogP contribution in [0.15, 0.2) is 60.9 Å². The summed E-state index contributed by atoms with van der Waals surface area (Å²) in [5, 5.41) is 3.67. The predicted molar refractivity (Wildman–Crippen MR) is 101 cm³/mol. The van der Waals surface area contributed by atoms with Crippen LogP contribution in [0, 0.1) is 0 Å². The van der Waals surface area contributed by atoms with Gasteiger partial charge in [0.05, 0.1) is 6.42 Å². The average Bonchev–Trinajstić information content (AvgIpc) is 2.99. The molecule has 0 unspecified atom stereocenters. The summed E-state index contributed by atoms with van der Waals surface area (Å²) in [6, 6.07) is 16.2. The van der Waals surface area contributed by atoms with E-state index in [2.05, 4.69) is 28.5 Å². The van der Waals surface area contributed by atoms with Crippen molar-refractivity contribution in [3.8, 4) is 11.1 Å². The first-order valence-corrected chi connectivity index (χ1v) is 8.67. The number of carbonyl (C=O) groups is 1. The summed E-state index contributed by atoms with van der Waals surface area (Å²) in [5.74, 6) is 0.0561. The molecule has 1 aliphatic rings. The molecule has 25 heavy (non-hydrogen) atoms. The first-order valence-electron chi connectivity index (χ1n) is 8.29. The van der Waals surface area contributed by atoms with E-state index in [1.54, 1.807) is 0 Å². The Balaban J connectivity index is 1.54. The normalized spacial score (nSPS) is 12.8. The molecule has 2 heterocycles. The van der Waals surface area contributed by atoms with Crippen LogP contribution in [0.4, 0.5) is 5.69 Å². The highest BCUT2D eigenvalue weighted by molar-refractivity contribution is 6.30. The van der Waals surface area contributed by atoms with Gasteiger partial charge >= 0.3 is 0 Å². The zero-order valence-electron chi connectivity index (χ0n) is 13.6. The fourth-order valence-electron chi connectivity index (χ4n) is 3.16. The molecule has 4 rings (SSSR count). The highest BCUT2D eigenvalue weighted by atomic mass is 35.5. The van der Waals surface area contributed by atoms with Gasteiger partial charge in [0.25, 0.3) is 0 Å². The Morgan fingerprint density at radius 3 is 2.72 bits per heavy atom. The molecule has 3 aromatic rings. The molecule has 0 radical (unpaired) electrons. The quantitative estimate of drug-likeness (QED) is 0.743. The van der Waals surface area contributed by atoms with Gasteiger partial charge < -0.3 is 5.32 Å². The number of pyridine rings is 1. The minimum Gasteiger partial charge on any atom is -0.326 e. The zero-order valence-corrected chi connectivity index (χ0v) is 14.4. The number of anilines is 1. The van der Waals surface area contributed by atoms with Crippen LogP contribution < -0.4 is 5.32 Å². The van der Waals surface area contributed by atoms with E-state index in [1.165, 1.54) is 11.1 Å². The highest BCUT2D eigenvalue weighted by Gasteiger charge is 2.17. The summed E-state index contributed by atoms with van der Waals surface area (Å²) in [6.07, 6.45) is 6.06. The number of nitrogens with one attached hydrogen (secondary N) is 1. The molecule has 0 saturated carbocycles. The van der Waals surface area contributed by atoms with Gasteiger partial charge in [0, 0.05) is 28.7 Å². The van der Waals surface area contributed by atoms with Crippen LogP contribution in [0.3, 0.4) is 0 Å². The number of carbonyl (C=O) groups excluding carboxylic acids is 1. The van der Waals surface area contributed by atoms with Gasteiger partial charge in [0.2, 0.25) is 5.91 Å². The van der Waals surface area contributed by atoms with E-state index in [1.807, 2.05) is 42.7 Å². The number of nitrogens with zero attached hydrogens (tertiary/aromatic N) is 1. The second-order valence-corrected chi connectivity index (χ2v) is 6.75. The van der Waals surface area contributed by atoms with Gasteiger partial charge in [-0.2, -0.15) is 0 Å². The van der Waals surface area contributed by atoms with Gasteiger partial charge in [0.1, 0.15) is 0 Å². The lowest BCUT2D eigenvalue weighted by Crippen LogP contribution is -2.03. The van der Waals surface area contributed by atoms with Crippen LogP contribution in [0.5, 0.6) is 0 Å². The third-order valence-corrected chi connectivity index (χ3v) is 4.69. The van der Waals surface area contributed by atoms with E-state index in [-0.39, 0.29) is 5.91 Å². The van der Waals surface area contributed by atoms with Gasteiger partial charge in [-0.1, -0.05) is 35.9 Å². The average molecular weight is 349 g/mol. The summed E-state index contributed by atoms with van der Waals surface area (Å²) < 4.78 is 0. The zero-order chi connectivity index (χ0) is 17.2. The number of benzene rings is 2. The van der Waals surface area contributed by atoms with Crippen LogP contribution in [-0.4, -0.2) is 10.9 Å². The largest absolute Gasteiger partial charge is 0.326 e. The molecular formula is C21H17ClN2O. The Hall–Kier alpha value is -2.65. The number of fused-ring (bicyclic) bond motifs is 1. The molecule has 124 valence electrons. The van der Waals surface area contributed by atoms with Crippen LogP contribution in [0.1, 0.15) is 16.7 Å². The lowest BCUT2D eigenvalue weighted by molar-refractivity contribution is -0.115. The molecule has 1 aromatic heterocycles. The first kappa shape index (κ1) is 15.9. The van der Waals surface area contributed by atoms with E-state index < -0.39 is 0 Å². The van der Waals surface area contributed by atoms with Gasteiger partial charge in [-0.15, -0.1) is 0 Å². The molecule has 1 amide bonds. The summed E-state index contributed by atoms with van der Waals surface area (Å²) in [5.41, 5.74) is 6.50. The van der Waals surface area contributed by atoms with Crippen molar-refractivity contribution < 1.29 is 4.79 Å². The molecule has 0 aliphatic carbocycles. The van der Waals surface area contributed by atoms with Crippen molar-refractivity contribution in [2.24, 2.45) is 0 Å². The molecule has 1 aliphatic heterocycles. The van der Waals surface area contributed by atoms with Gasteiger partial charge in [-0.3, -0.25) is 9.78 Å². The van der Waals surface area contributed by atoms with Crippen molar-refractivity contribution in [3.05, 3.63) is 82.6 Å². The predicted octanol–water partition coefficient (Wildman–Crippen LogP) is 4.68. The van der Waals surface area contributed by atoms with Crippen LogP contribution in [-0.2, 0) is 24.1 Å². The highest BCUT2D eigenvalue weighted by Crippen LogP contribution is 2.29. The van der Waals surface area contributed by atoms with Gasteiger partial charge in [-0.05, 0) is 59.4 Å². The van der Waals surface area contributed by atoms with Crippen LogP contribution >= 0.6 is 11.6 Å². The number of rotatable bonds is 4. The minimum atomic E-state index is 0.0561. The van der Waals surface area contributed by atoms with Crippen molar-refractivity contribution >= 4 is 23.2 Å². The van der Waals surface area contributed by atoms with E-state index in [0.717, 1.165) is 40.2 Å². The maximum absolute atomic E-state index is 11.5. The van der Waals surface area contributed by atoms with Crippen molar-refractivity contribution in [1.82, 2.24) is 4.98 Å². The standard InChI is InChI=1S/C21H17ClN2O/c22-19-3-1-2-14(9-19)4-5-15-8-18(13-23-12-15)16-6-7-17-11-21(25)24-20(17)10-16/h1-3,6-10,12-13H,4-5,11H2,(H,24,25). The Kier molecular flexibility index (Phi) is 4.24. The number of hydrogen-bond donors (Lipinski definition) is 1. The minimum absolute atomic E-state index is 0.0561. The monoisotopic (exact) mass is 348 g/mol. The van der Waals surface area contributed by atoms with E-state index in [0.29, 0.717) is 6.42 Å². The molecule has 1 N–H and O–H groups in total. The van der Waals surface area contributed by atoms with Crippen molar-refractivity contribution in [2.75, 3.05) is 5.32 Å². The first-order chi connectivity index (χ1) is 12.2.